The van der Waals surface area contributed by atoms with Crippen LogP contribution in [0, 0.1) is 6.92 Å². The summed E-state index contributed by atoms with van der Waals surface area (Å²) >= 11 is 1.42. The number of aryl methyl sites for hydroxylation is 1. The van der Waals surface area contributed by atoms with Crippen LogP contribution >= 0.6 is 11.8 Å². The number of carbonyl (C=O) groups excluding carboxylic acids is 1. The third kappa shape index (κ3) is 5.02. The Morgan fingerprint density at radius 1 is 1.00 bits per heavy atom. The maximum Gasteiger partial charge on any atom is 0.234 e. The first-order chi connectivity index (χ1) is 14.7. The Labute approximate surface area is 181 Å². The topological polar surface area (TPSA) is 63.1 Å². The highest BCUT2D eigenvalue weighted by Gasteiger charge is 2.17. The zero-order valence-corrected chi connectivity index (χ0v) is 18.1. The Morgan fingerprint density at radius 2 is 1.73 bits per heavy atom. The van der Waals surface area contributed by atoms with Gasteiger partial charge < -0.3 is 14.8 Å². The van der Waals surface area contributed by atoms with Crippen molar-refractivity contribution in [1.82, 2.24) is 14.8 Å². The SMILES string of the molecule is Cc1nnc(SCC(=O)Nc2ccccc2N2CCCCC2)n1Cc1ccccc1. The maximum absolute atomic E-state index is 12.7. The number of carbonyl (C=O) groups is 1. The highest BCUT2D eigenvalue weighted by Crippen LogP contribution is 2.28. The molecule has 1 fully saturated rings. The van der Waals surface area contributed by atoms with Gasteiger partial charge in [-0.3, -0.25) is 4.79 Å². The third-order valence-corrected chi connectivity index (χ3v) is 6.26. The molecule has 0 saturated carbocycles. The molecule has 6 nitrogen and oxygen atoms in total. The summed E-state index contributed by atoms with van der Waals surface area (Å²) in [6.07, 6.45) is 3.69. The van der Waals surface area contributed by atoms with Gasteiger partial charge >= 0.3 is 0 Å². The zero-order chi connectivity index (χ0) is 20.8. The fraction of sp³-hybridized carbons (Fsp3) is 0.348. The van der Waals surface area contributed by atoms with Gasteiger partial charge in [0, 0.05) is 13.1 Å². The molecule has 0 bridgehead atoms. The number of benzene rings is 2. The van der Waals surface area contributed by atoms with Gasteiger partial charge in [-0.1, -0.05) is 54.2 Å². The first-order valence-corrected chi connectivity index (χ1v) is 11.4. The number of rotatable bonds is 7. The van der Waals surface area contributed by atoms with Gasteiger partial charge in [0.2, 0.25) is 5.91 Å². The first-order valence-electron chi connectivity index (χ1n) is 10.4. The Kier molecular flexibility index (Phi) is 6.69. The zero-order valence-electron chi connectivity index (χ0n) is 17.3. The second-order valence-electron chi connectivity index (χ2n) is 7.50. The number of amides is 1. The minimum atomic E-state index is -0.0311. The molecular weight excluding hydrogens is 394 g/mol. The van der Waals surface area contributed by atoms with Gasteiger partial charge in [-0.25, -0.2) is 0 Å². The van der Waals surface area contributed by atoms with Gasteiger partial charge in [-0.15, -0.1) is 10.2 Å². The molecule has 2 heterocycles. The Hall–Kier alpha value is -2.80. The highest BCUT2D eigenvalue weighted by atomic mass is 32.2. The van der Waals surface area contributed by atoms with Crippen molar-refractivity contribution < 1.29 is 4.79 Å². The van der Waals surface area contributed by atoms with Crippen molar-refractivity contribution in [3.05, 3.63) is 66.0 Å². The van der Waals surface area contributed by atoms with Crippen LogP contribution in [0.15, 0.2) is 59.8 Å². The van der Waals surface area contributed by atoms with Crippen LogP contribution in [-0.4, -0.2) is 39.5 Å². The Balaban J connectivity index is 1.39. The first kappa shape index (κ1) is 20.5. The maximum atomic E-state index is 12.7. The molecule has 1 saturated heterocycles. The third-order valence-electron chi connectivity index (χ3n) is 5.29. The lowest BCUT2D eigenvalue weighted by Gasteiger charge is -2.30. The number of piperidine rings is 1. The number of nitrogens with zero attached hydrogens (tertiary/aromatic N) is 4. The molecule has 1 aliphatic rings. The molecule has 0 spiro atoms. The van der Waals surface area contributed by atoms with E-state index in [1.54, 1.807) is 0 Å². The van der Waals surface area contributed by atoms with E-state index in [9.17, 15) is 4.79 Å². The minimum Gasteiger partial charge on any atom is -0.370 e. The number of hydrogen-bond donors (Lipinski definition) is 1. The van der Waals surface area contributed by atoms with Gasteiger partial charge in [0.25, 0.3) is 0 Å². The molecule has 1 N–H and O–H groups in total. The quantitative estimate of drug-likeness (QED) is 0.575. The summed E-state index contributed by atoms with van der Waals surface area (Å²) in [4.78, 5) is 15.1. The summed E-state index contributed by atoms with van der Waals surface area (Å²) in [5.74, 6) is 1.11. The van der Waals surface area contributed by atoms with E-state index < -0.39 is 0 Å². The van der Waals surface area contributed by atoms with Gasteiger partial charge in [-0.05, 0) is 43.9 Å². The fourth-order valence-corrected chi connectivity index (χ4v) is 4.51. The van der Waals surface area contributed by atoms with E-state index in [2.05, 4.69) is 43.2 Å². The molecule has 4 rings (SSSR count). The molecule has 1 amide bonds. The second-order valence-corrected chi connectivity index (χ2v) is 8.45. The summed E-state index contributed by atoms with van der Waals surface area (Å²) in [5.41, 5.74) is 3.17. The van der Waals surface area contributed by atoms with Crippen molar-refractivity contribution in [3.63, 3.8) is 0 Å². The molecule has 7 heteroatoms. The summed E-state index contributed by atoms with van der Waals surface area (Å²) < 4.78 is 2.05. The number of thioether (sulfide) groups is 1. The van der Waals surface area contributed by atoms with E-state index in [4.69, 9.17) is 0 Å². The molecule has 156 valence electrons. The molecule has 30 heavy (non-hydrogen) atoms. The van der Waals surface area contributed by atoms with E-state index in [0.29, 0.717) is 12.3 Å². The molecule has 1 aliphatic heterocycles. The highest BCUT2D eigenvalue weighted by molar-refractivity contribution is 7.99. The summed E-state index contributed by atoms with van der Waals surface area (Å²) in [5, 5.41) is 12.3. The monoisotopic (exact) mass is 421 g/mol. The van der Waals surface area contributed by atoms with Crippen LogP contribution in [0.5, 0.6) is 0 Å². The predicted molar refractivity (Wildman–Crippen MR) is 122 cm³/mol. The smallest absolute Gasteiger partial charge is 0.234 e. The largest absolute Gasteiger partial charge is 0.370 e. The number of anilines is 2. The number of hydrogen-bond acceptors (Lipinski definition) is 5. The van der Waals surface area contributed by atoms with Crippen molar-refractivity contribution in [3.8, 4) is 0 Å². The van der Waals surface area contributed by atoms with Crippen LogP contribution in [-0.2, 0) is 11.3 Å². The van der Waals surface area contributed by atoms with Crippen LogP contribution < -0.4 is 10.2 Å². The molecule has 3 aromatic rings. The van der Waals surface area contributed by atoms with Crippen molar-refractivity contribution in [1.29, 1.82) is 0 Å². The van der Waals surface area contributed by atoms with Gasteiger partial charge in [0.05, 0.1) is 23.7 Å². The van der Waals surface area contributed by atoms with Crippen LogP contribution in [0.25, 0.3) is 0 Å². The van der Waals surface area contributed by atoms with Gasteiger partial charge in [0.1, 0.15) is 5.82 Å². The van der Waals surface area contributed by atoms with Gasteiger partial charge in [-0.2, -0.15) is 0 Å². The molecule has 0 aliphatic carbocycles. The predicted octanol–water partition coefficient (Wildman–Crippen LogP) is 4.36. The van der Waals surface area contributed by atoms with E-state index >= 15 is 0 Å². The number of para-hydroxylation sites is 2. The average Bonchev–Trinajstić information content (AvgIpc) is 3.13. The Bertz CT molecular complexity index is 982. The molecule has 0 atom stereocenters. The minimum absolute atomic E-state index is 0.0311. The fourth-order valence-electron chi connectivity index (χ4n) is 3.72. The summed E-state index contributed by atoms with van der Waals surface area (Å²) in [6.45, 7) is 4.73. The van der Waals surface area contributed by atoms with Crippen molar-refractivity contribution in [2.24, 2.45) is 0 Å². The lowest BCUT2D eigenvalue weighted by Crippen LogP contribution is -2.30. The van der Waals surface area contributed by atoms with Crippen LogP contribution in [0.1, 0.15) is 30.7 Å². The van der Waals surface area contributed by atoms with E-state index in [-0.39, 0.29) is 5.91 Å². The molecule has 2 aromatic carbocycles. The molecule has 0 radical (unpaired) electrons. The van der Waals surface area contributed by atoms with E-state index in [0.717, 1.165) is 35.4 Å². The van der Waals surface area contributed by atoms with Crippen LogP contribution in [0.2, 0.25) is 0 Å². The normalized spacial score (nSPS) is 14.0. The molecule has 0 unspecified atom stereocenters. The number of nitrogens with one attached hydrogen (secondary N) is 1. The standard InChI is InChI=1S/C23H27N5OS/c1-18-25-26-23(28(18)16-19-10-4-2-5-11-19)30-17-22(29)24-20-12-6-7-13-21(20)27-14-8-3-9-15-27/h2,4-7,10-13H,3,8-9,14-17H2,1H3,(H,24,29). The Morgan fingerprint density at radius 3 is 2.53 bits per heavy atom. The number of aromatic nitrogens is 3. The van der Waals surface area contributed by atoms with Crippen LogP contribution in [0.4, 0.5) is 11.4 Å². The molecular formula is C23H27N5OS. The summed E-state index contributed by atoms with van der Waals surface area (Å²) in [6, 6.07) is 18.3. The van der Waals surface area contributed by atoms with E-state index in [1.165, 1.54) is 36.6 Å². The van der Waals surface area contributed by atoms with Crippen molar-refractivity contribution >= 4 is 29.0 Å². The lowest BCUT2D eigenvalue weighted by molar-refractivity contribution is -0.113. The van der Waals surface area contributed by atoms with Crippen LogP contribution in [0.3, 0.4) is 0 Å². The average molecular weight is 422 g/mol. The second kappa shape index (κ2) is 9.80. The molecule has 1 aromatic heterocycles. The summed E-state index contributed by atoms with van der Waals surface area (Å²) in [7, 11) is 0. The van der Waals surface area contributed by atoms with Gasteiger partial charge in [0.15, 0.2) is 5.16 Å². The van der Waals surface area contributed by atoms with Crippen molar-refractivity contribution in [2.45, 2.75) is 37.9 Å². The van der Waals surface area contributed by atoms with E-state index in [1.807, 2.05) is 43.3 Å². The lowest BCUT2D eigenvalue weighted by atomic mass is 10.1. The van der Waals surface area contributed by atoms with Crippen molar-refractivity contribution in [2.75, 3.05) is 29.1 Å².